The number of fused-ring (bicyclic) bond motifs is 1. The average Bonchev–Trinajstić information content (AvgIpc) is 3.00. The molecule has 3 rings (SSSR count). The van der Waals surface area contributed by atoms with E-state index in [-0.39, 0.29) is 5.91 Å². The average molecular weight is 299 g/mol. The normalized spacial score (nSPS) is 11.0. The van der Waals surface area contributed by atoms with Crippen molar-refractivity contribution < 1.29 is 4.79 Å². The van der Waals surface area contributed by atoms with Crippen LogP contribution in [0.25, 0.3) is 10.9 Å². The maximum atomic E-state index is 11.6. The molecule has 5 heteroatoms. The first kappa shape index (κ1) is 13.9. The Morgan fingerprint density at radius 3 is 2.81 bits per heavy atom. The molecule has 3 N–H and O–H groups in total. The largest absolute Gasteiger partial charge is 0.340 e. The lowest BCUT2D eigenvalue weighted by atomic mass is 10.2. The zero-order valence-electron chi connectivity index (χ0n) is 12.0. The molecule has 0 aliphatic rings. The molecule has 0 atom stereocenters. The molecule has 0 aliphatic carbocycles. The summed E-state index contributed by atoms with van der Waals surface area (Å²) in [5.74, 6) is 4.97. The SMILES string of the molecule is Cc1sc(C(=O)NN)cc1Cn1c(C)cc2ccccc21. The zero-order chi connectivity index (χ0) is 15.0. The summed E-state index contributed by atoms with van der Waals surface area (Å²) in [6.45, 7) is 4.91. The minimum absolute atomic E-state index is 0.233. The van der Waals surface area contributed by atoms with Gasteiger partial charge >= 0.3 is 0 Å². The van der Waals surface area contributed by atoms with Crippen LogP contribution in [-0.2, 0) is 6.54 Å². The van der Waals surface area contributed by atoms with E-state index in [4.69, 9.17) is 5.84 Å². The molecule has 2 aromatic heterocycles. The second kappa shape index (κ2) is 5.35. The summed E-state index contributed by atoms with van der Waals surface area (Å²) < 4.78 is 2.27. The lowest BCUT2D eigenvalue weighted by Crippen LogP contribution is -2.29. The minimum atomic E-state index is -0.233. The standard InChI is InChI=1S/C16H17N3OS/c1-10-7-12-5-3-4-6-14(12)19(10)9-13-8-15(16(20)18-17)21-11(13)2/h3-8H,9,17H2,1-2H3,(H,18,20). The first-order valence-electron chi connectivity index (χ1n) is 6.75. The van der Waals surface area contributed by atoms with Gasteiger partial charge in [0.15, 0.2) is 0 Å². The van der Waals surface area contributed by atoms with Gasteiger partial charge in [0.05, 0.1) is 4.88 Å². The van der Waals surface area contributed by atoms with Crippen LogP contribution in [0.2, 0.25) is 0 Å². The number of aromatic nitrogens is 1. The van der Waals surface area contributed by atoms with Gasteiger partial charge in [0.25, 0.3) is 5.91 Å². The van der Waals surface area contributed by atoms with E-state index in [9.17, 15) is 4.79 Å². The molecule has 0 radical (unpaired) electrons. The molecule has 108 valence electrons. The number of thiophene rings is 1. The van der Waals surface area contributed by atoms with Gasteiger partial charge in [0.2, 0.25) is 0 Å². The maximum Gasteiger partial charge on any atom is 0.275 e. The molecule has 0 saturated heterocycles. The Hall–Kier alpha value is -2.11. The number of rotatable bonds is 3. The molecule has 0 spiro atoms. The predicted molar refractivity (Wildman–Crippen MR) is 86.5 cm³/mol. The van der Waals surface area contributed by atoms with Crippen LogP contribution in [0.1, 0.15) is 25.8 Å². The van der Waals surface area contributed by atoms with Crippen molar-refractivity contribution in [2.45, 2.75) is 20.4 Å². The van der Waals surface area contributed by atoms with Crippen LogP contribution in [-0.4, -0.2) is 10.5 Å². The van der Waals surface area contributed by atoms with E-state index in [1.807, 2.05) is 25.1 Å². The van der Waals surface area contributed by atoms with Crippen LogP contribution in [0.4, 0.5) is 0 Å². The highest BCUT2D eigenvalue weighted by Crippen LogP contribution is 2.26. The van der Waals surface area contributed by atoms with Crippen molar-refractivity contribution in [1.82, 2.24) is 9.99 Å². The third-order valence-corrected chi connectivity index (χ3v) is 4.81. The van der Waals surface area contributed by atoms with Crippen LogP contribution >= 0.6 is 11.3 Å². The fraction of sp³-hybridized carbons (Fsp3) is 0.188. The van der Waals surface area contributed by atoms with Gasteiger partial charge in [-0.05, 0) is 43.0 Å². The Kier molecular flexibility index (Phi) is 3.53. The second-order valence-electron chi connectivity index (χ2n) is 5.10. The summed E-state index contributed by atoms with van der Waals surface area (Å²) >= 11 is 1.47. The molecule has 1 amide bonds. The van der Waals surface area contributed by atoms with E-state index >= 15 is 0 Å². The third-order valence-electron chi connectivity index (χ3n) is 3.72. The van der Waals surface area contributed by atoms with E-state index in [1.165, 1.54) is 27.9 Å². The molecular formula is C16H17N3OS. The molecule has 0 saturated carbocycles. The third kappa shape index (κ3) is 2.46. The van der Waals surface area contributed by atoms with Gasteiger partial charge in [-0.25, -0.2) is 5.84 Å². The van der Waals surface area contributed by atoms with Crippen molar-refractivity contribution in [1.29, 1.82) is 0 Å². The highest BCUT2D eigenvalue weighted by atomic mass is 32.1. The molecule has 1 aromatic carbocycles. The molecule has 21 heavy (non-hydrogen) atoms. The van der Waals surface area contributed by atoms with Gasteiger partial charge < -0.3 is 4.57 Å². The first-order valence-corrected chi connectivity index (χ1v) is 7.57. The number of hydrazine groups is 1. The van der Waals surface area contributed by atoms with Crippen molar-refractivity contribution >= 4 is 28.1 Å². The van der Waals surface area contributed by atoms with Gasteiger partial charge in [0.1, 0.15) is 0 Å². The number of para-hydroxylation sites is 1. The highest BCUT2D eigenvalue weighted by Gasteiger charge is 2.13. The molecule has 0 unspecified atom stereocenters. The van der Waals surface area contributed by atoms with Crippen molar-refractivity contribution in [3.8, 4) is 0 Å². The van der Waals surface area contributed by atoms with Gasteiger partial charge in [-0.1, -0.05) is 18.2 Å². The maximum absolute atomic E-state index is 11.6. The number of carbonyl (C=O) groups is 1. The lowest BCUT2D eigenvalue weighted by Gasteiger charge is -2.08. The Morgan fingerprint density at radius 2 is 2.05 bits per heavy atom. The Labute approximate surface area is 127 Å². The van der Waals surface area contributed by atoms with E-state index in [0.717, 1.165) is 17.0 Å². The van der Waals surface area contributed by atoms with Gasteiger partial charge in [-0.2, -0.15) is 0 Å². The van der Waals surface area contributed by atoms with Crippen LogP contribution in [0.3, 0.4) is 0 Å². The molecule has 3 aromatic rings. The van der Waals surface area contributed by atoms with Crippen LogP contribution in [0, 0.1) is 13.8 Å². The number of amides is 1. The second-order valence-corrected chi connectivity index (χ2v) is 6.35. The summed E-state index contributed by atoms with van der Waals surface area (Å²) in [6.07, 6.45) is 0. The summed E-state index contributed by atoms with van der Waals surface area (Å²) in [6, 6.07) is 12.4. The zero-order valence-corrected chi connectivity index (χ0v) is 12.8. The van der Waals surface area contributed by atoms with Crippen molar-refractivity contribution in [2.75, 3.05) is 0 Å². The summed E-state index contributed by atoms with van der Waals surface area (Å²) in [5, 5.41) is 1.24. The van der Waals surface area contributed by atoms with Crippen LogP contribution in [0.5, 0.6) is 0 Å². The van der Waals surface area contributed by atoms with Crippen LogP contribution in [0.15, 0.2) is 36.4 Å². The number of nitrogen functional groups attached to an aromatic ring is 1. The number of hydrogen-bond acceptors (Lipinski definition) is 3. The summed E-state index contributed by atoms with van der Waals surface area (Å²) in [5.41, 5.74) is 5.77. The number of nitrogens with two attached hydrogens (primary N) is 1. The fourth-order valence-electron chi connectivity index (χ4n) is 2.59. The van der Waals surface area contributed by atoms with Crippen molar-refractivity contribution in [3.05, 3.63) is 57.4 Å². The molecule has 4 nitrogen and oxygen atoms in total. The predicted octanol–water partition coefficient (Wildman–Crippen LogP) is 2.97. The fourth-order valence-corrected chi connectivity index (χ4v) is 3.53. The first-order chi connectivity index (χ1) is 10.1. The Morgan fingerprint density at radius 1 is 1.29 bits per heavy atom. The minimum Gasteiger partial charge on any atom is -0.340 e. The number of nitrogens with zero attached hydrogens (tertiary/aromatic N) is 1. The number of benzene rings is 1. The molecule has 0 aliphatic heterocycles. The van der Waals surface area contributed by atoms with E-state index in [0.29, 0.717) is 4.88 Å². The summed E-state index contributed by atoms with van der Waals surface area (Å²) in [7, 11) is 0. The number of carbonyl (C=O) groups excluding carboxylic acids is 1. The Balaban J connectivity index is 2.01. The van der Waals surface area contributed by atoms with E-state index in [2.05, 4.69) is 35.1 Å². The van der Waals surface area contributed by atoms with Crippen molar-refractivity contribution in [3.63, 3.8) is 0 Å². The number of hydrogen-bond donors (Lipinski definition) is 2. The molecule has 0 fully saturated rings. The quantitative estimate of drug-likeness (QED) is 0.444. The topological polar surface area (TPSA) is 60.1 Å². The Bertz CT molecular complexity index is 816. The number of nitrogens with one attached hydrogen (secondary N) is 1. The molecule has 0 bridgehead atoms. The van der Waals surface area contributed by atoms with Crippen molar-refractivity contribution in [2.24, 2.45) is 5.84 Å². The van der Waals surface area contributed by atoms with E-state index < -0.39 is 0 Å². The summed E-state index contributed by atoms with van der Waals surface area (Å²) in [4.78, 5) is 13.4. The van der Waals surface area contributed by atoms with E-state index in [1.54, 1.807) is 0 Å². The van der Waals surface area contributed by atoms with Gasteiger partial charge in [0, 0.05) is 22.6 Å². The molecule has 2 heterocycles. The highest BCUT2D eigenvalue weighted by molar-refractivity contribution is 7.14. The molecular weight excluding hydrogens is 282 g/mol. The van der Waals surface area contributed by atoms with Crippen LogP contribution < -0.4 is 11.3 Å². The van der Waals surface area contributed by atoms with Gasteiger partial charge in [-0.15, -0.1) is 11.3 Å². The smallest absolute Gasteiger partial charge is 0.275 e. The lowest BCUT2D eigenvalue weighted by molar-refractivity contribution is 0.0957. The van der Waals surface area contributed by atoms with Gasteiger partial charge in [-0.3, -0.25) is 10.2 Å². The number of aryl methyl sites for hydroxylation is 2. The monoisotopic (exact) mass is 299 g/mol.